The van der Waals surface area contributed by atoms with E-state index in [0.717, 1.165) is 31.9 Å². The summed E-state index contributed by atoms with van der Waals surface area (Å²) in [5, 5.41) is 12.6. The van der Waals surface area contributed by atoms with Crippen LogP contribution in [0, 0.1) is 0 Å². The maximum atomic E-state index is 12.4. The molecule has 2 aliphatic rings. The lowest BCUT2D eigenvalue weighted by molar-refractivity contribution is -0.141. The number of nitrogens with zero attached hydrogens (tertiary/aromatic N) is 1. The van der Waals surface area contributed by atoms with Crippen molar-refractivity contribution in [2.75, 3.05) is 6.54 Å². The quantitative estimate of drug-likeness (QED) is 0.788. The van der Waals surface area contributed by atoms with E-state index in [9.17, 15) is 13.2 Å². The van der Waals surface area contributed by atoms with Crippen LogP contribution in [0.25, 0.3) is 0 Å². The molecule has 2 fully saturated rings. The van der Waals surface area contributed by atoms with Gasteiger partial charge in [0, 0.05) is 23.8 Å². The third kappa shape index (κ3) is 2.36. The minimum atomic E-state index is -4.38. The summed E-state index contributed by atoms with van der Waals surface area (Å²) in [5.74, 6) is 0. The molecule has 4 nitrogen and oxygen atoms in total. The Hall–Kier alpha value is -1.08. The number of aromatic amines is 1. The predicted molar refractivity (Wildman–Crippen MR) is 63.4 cm³/mol. The zero-order valence-electron chi connectivity index (χ0n) is 10.5. The van der Waals surface area contributed by atoms with Crippen molar-refractivity contribution < 1.29 is 13.2 Å². The molecule has 0 bridgehead atoms. The van der Waals surface area contributed by atoms with Gasteiger partial charge in [-0.15, -0.1) is 0 Å². The van der Waals surface area contributed by atoms with E-state index in [1.54, 1.807) is 0 Å². The molecule has 0 amide bonds. The molecule has 1 atom stereocenters. The number of hydrogen-bond acceptors (Lipinski definition) is 3. The lowest BCUT2D eigenvalue weighted by Gasteiger charge is -2.44. The van der Waals surface area contributed by atoms with Crippen LogP contribution in [0.2, 0.25) is 0 Å². The summed E-state index contributed by atoms with van der Waals surface area (Å²) in [7, 11) is 0. The SMILES string of the molecule is FC(F)(F)c1cc(CNC2CCNC23CCC3)[nH]n1. The molecular formula is C12H17F3N4. The highest BCUT2D eigenvalue weighted by atomic mass is 19.4. The van der Waals surface area contributed by atoms with Crippen LogP contribution in [0.5, 0.6) is 0 Å². The highest BCUT2D eigenvalue weighted by Crippen LogP contribution is 2.39. The van der Waals surface area contributed by atoms with E-state index in [2.05, 4.69) is 20.8 Å². The largest absolute Gasteiger partial charge is 0.435 e. The Morgan fingerprint density at radius 1 is 1.42 bits per heavy atom. The molecule has 0 aromatic carbocycles. The first-order chi connectivity index (χ1) is 9.00. The zero-order valence-corrected chi connectivity index (χ0v) is 10.5. The van der Waals surface area contributed by atoms with Gasteiger partial charge in [0.25, 0.3) is 0 Å². The minimum Gasteiger partial charge on any atom is -0.310 e. The van der Waals surface area contributed by atoms with Gasteiger partial charge >= 0.3 is 6.18 Å². The third-order valence-electron chi connectivity index (χ3n) is 4.28. The Balaban J connectivity index is 1.59. The van der Waals surface area contributed by atoms with Gasteiger partial charge in [0.1, 0.15) is 0 Å². The minimum absolute atomic E-state index is 0.187. The van der Waals surface area contributed by atoms with Crippen LogP contribution in [0.15, 0.2) is 6.07 Å². The summed E-state index contributed by atoms with van der Waals surface area (Å²) < 4.78 is 37.2. The summed E-state index contributed by atoms with van der Waals surface area (Å²) in [6.45, 7) is 1.38. The van der Waals surface area contributed by atoms with E-state index in [-0.39, 0.29) is 5.54 Å². The lowest BCUT2D eigenvalue weighted by Crippen LogP contribution is -2.57. The molecule has 1 aliphatic heterocycles. The maximum absolute atomic E-state index is 12.4. The van der Waals surface area contributed by atoms with Gasteiger partial charge in [0.05, 0.1) is 0 Å². The molecule has 1 saturated heterocycles. The van der Waals surface area contributed by atoms with Crippen LogP contribution >= 0.6 is 0 Å². The number of alkyl halides is 3. The van der Waals surface area contributed by atoms with Crippen LogP contribution in [0.4, 0.5) is 13.2 Å². The Kier molecular flexibility index (Phi) is 3.05. The van der Waals surface area contributed by atoms with Gasteiger partial charge in [-0.3, -0.25) is 5.10 Å². The van der Waals surface area contributed by atoms with Crippen molar-refractivity contribution in [2.24, 2.45) is 0 Å². The number of rotatable bonds is 3. The Bertz CT molecular complexity index is 450. The van der Waals surface area contributed by atoms with E-state index in [1.165, 1.54) is 6.42 Å². The number of nitrogens with one attached hydrogen (secondary N) is 3. The monoisotopic (exact) mass is 274 g/mol. The van der Waals surface area contributed by atoms with Gasteiger partial charge in [0.2, 0.25) is 0 Å². The average molecular weight is 274 g/mol. The van der Waals surface area contributed by atoms with Crippen molar-refractivity contribution in [1.82, 2.24) is 20.8 Å². The van der Waals surface area contributed by atoms with Gasteiger partial charge in [0.15, 0.2) is 5.69 Å². The van der Waals surface area contributed by atoms with Crippen LogP contribution in [0.1, 0.15) is 37.1 Å². The van der Waals surface area contributed by atoms with Crippen molar-refractivity contribution >= 4 is 0 Å². The molecule has 7 heteroatoms. The number of hydrogen-bond donors (Lipinski definition) is 3. The fraction of sp³-hybridized carbons (Fsp3) is 0.750. The van der Waals surface area contributed by atoms with E-state index in [0.29, 0.717) is 18.3 Å². The molecule has 1 spiro atoms. The second-order valence-corrected chi connectivity index (χ2v) is 5.43. The molecule has 1 aliphatic carbocycles. The van der Waals surface area contributed by atoms with Gasteiger partial charge < -0.3 is 10.6 Å². The first-order valence-electron chi connectivity index (χ1n) is 6.59. The summed E-state index contributed by atoms with van der Waals surface area (Å²) in [4.78, 5) is 0. The first-order valence-corrected chi connectivity index (χ1v) is 6.59. The molecule has 1 aromatic rings. The molecule has 106 valence electrons. The molecule has 2 heterocycles. The van der Waals surface area contributed by atoms with Crippen molar-refractivity contribution in [2.45, 2.75) is 50.0 Å². The lowest BCUT2D eigenvalue weighted by atomic mass is 9.73. The topological polar surface area (TPSA) is 52.7 Å². The predicted octanol–water partition coefficient (Wildman–Crippen LogP) is 1.80. The first kappa shape index (κ1) is 12.9. The van der Waals surface area contributed by atoms with E-state index >= 15 is 0 Å². The highest BCUT2D eigenvalue weighted by molar-refractivity contribution is 5.13. The molecule has 1 saturated carbocycles. The molecule has 0 radical (unpaired) electrons. The number of H-pyrrole nitrogens is 1. The van der Waals surface area contributed by atoms with Gasteiger partial charge in [-0.05, 0) is 38.3 Å². The van der Waals surface area contributed by atoms with E-state index in [4.69, 9.17) is 0 Å². The van der Waals surface area contributed by atoms with Crippen molar-refractivity contribution in [3.05, 3.63) is 17.5 Å². The van der Waals surface area contributed by atoms with Crippen molar-refractivity contribution in [3.63, 3.8) is 0 Å². The highest BCUT2D eigenvalue weighted by Gasteiger charge is 2.46. The fourth-order valence-corrected chi connectivity index (χ4v) is 3.08. The summed E-state index contributed by atoms with van der Waals surface area (Å²) in [5.41, 5.74) is -0.187. The summed E-state index contributed by atoms with van der Waals surface area (Å²) >= 11 is 0. The van der Waals surface area contributed by atoms with Crippen LogP contribution in [0.3, 0.4) is 0 Å². The molecular weight excluding hydrogens is 257 g/mol. The number of halogens is 3. The zero-order chi connectivity index (χ0) is 13.5. The second kappa shape index (κ2) is 4.49. The Morgan fingerprint density at radius 2 is 2.21 bits per heavy atom. The summed E-state index contributed by atoms with van der Waals surface area (Å²) in [6, 6.07) is 1.42. The van der Waals surface area contributed by atoms with Crippen LogP contribution < -0.4 is 10.6 Å². The normalized spacial score (nSPS) is 25.7. The van der Waals surface area contributed by atoms with Crippen molar-refractivity contribution in [3.8, 4) is 0 Å². The smallest absolute Gasteiger partial charge is 0.310 e. The Morgan fingerprint density at radius 3 is 2.79 bits per heavy atom. The fourth-order valence-electron chi connectivity index (χ4n) is 3.08. The standard InChI is InChI=1S/C12H17F3N4/c13-12(14,15)10-6-8(18-19-10)7-16-9-2-5-17-11(9)3-1-4-11/h6,9,16-17H,1-5,7H2,(H,18,19). The number of aromatic nitrogens is 2. The van der Waals surface area contributed by atoms with Crippen molar-refractivity contribution in [1.29, 1.82) is 0 Å². The van der Waals surface area contributed by atoms with Crippen LogP contribution in [-0.4, -0.2) is 28.3 Å². The molecule has 19 heavy (non-hydrogen) atoms. The summed E-state index contributed by atoms with van der Waals surface area (Å²) in [6.07, 6.45) is 0.190. The van der Waals surface area contributed by atoms with E-state index < -0.39 is 11.9 Å². The molecule has 3 rings (SSSR count). The maximum Gasteiger partial charge on any atom is 0.435 e. The molecule has 3 N–H and O–H groups in total. The van der Waals surface area contributed by atoms with Crippen LogP contribution in [-0.2, 0) is 12.7 Å². The van der Waals surface area contributed by atoms with E-state index in [1.807, 2.05) is 0 Å². The third-order valence-corrected chi connectivity index (χ3v) is 4.28. The second-order valence-electron chi connectivity index (χ2n) is 5.43. The molecule has 1 aromatic heterocycles. The Labute approximate surface area is 109 Å². The van der Waals surface area contributed by atoms with Gasteiger partial charge in [-0.2, -0.15) is 18.3 Å². The van der Waals surface area contributed by atoms with Gasteiger partial charge in [-0.25, -0.2) is 0 Å². The average Bonchev–Trinajstić information content (AvgIpc) is 2.91. The molecule has 1 unspecified atom stereocenters. The van der Waals surface area contributed by atoms with Gasteiger partial charge in [-0.1, -0.05) is 0 Å².